The van der Waals surface area contributed by atoms with Crippen LogP contribution in [0.5, 0.6) is 0 Å². The summed E-state index contributed by atoms with van der Waals surface area (Å²) in [5, 5.41) is 10.7. The van der Waals surface area contributed by atoms with E-state index >= 15 is 0 Å². The van der Waals surface area contributed by atoms with E-state index in [9.17, 15) is 5.11 Å². The van der Waals surface area contributed by atoms with Crippen LogP contribution in [0.15, 0.2) is 60.8 Å². The second-order valence-electron chi connectivity index (χ2n) is 5.46. The highest BCUT2D eigenvalue weighted by molar-refractivity contribution is 5.83. The molecule has 0 atom stereocenters. The second-order valence-corrected chi connectivity index (χ2v) is 5.46. The first-order valence-electron chi connectivity index (χ1n) is 7.60. The van der Waals surface area contributed by atoms with Gasteiger partial charge in [-0.15, -0.1) is 0 Å². The molecule has 3 aromatic rings. The highest BCUT2D eigenvalue weighted by atomic mass is 16.3. The number of hydrogen-bond acceptors (Lipinski definition) is 1. The minimum Gasteiger partial charge on any atom is -0.392 e. The Kier molecular flexibility index (Phi) is 4.37. The van der Waals surface area contributed by atoms with Crippen LogP contribution in [-0.2, 0) is 19.6 Å². The average Bonchev–Trinajstić information content (AvgIpc) is 2.96. The van der Waals surface area contributed by atoms with E-state index in [1.807, 2.05) is 12.1 Å². The number of aromatic nitrogens is 1. The van der Waals surface area contributed by atoms with Gasteiger partial charge in [-0.1, -0.05) is 48.5 Å². The lowest BCUT2D eigenvalue weighted by atomic mass is 10.1. The molecule has 0 spiro atoms. The molecule has 2 nitrogen and oxygen atoms in total. The minimum absolute atomic E-state index is 0.103. The summed E-state index contributed by atoms with van der Waals surface area (Å²) in [4.78, 5) is 0. The molecular formula is C19H21NO. The molecule has 2 heteroatoms. The summed E-state index contributed by atoms with van der Waals surface area (Å²) in [5.41, 5.74) is 3.60. The number of unbranched alkanes of at least 4 members (excludes halogenated alkanes) is 1. The largest absolute Gasteiger partial charge is 0.392 e. The van der Waals surface area contributed by atoms with Crippen LogP contribution in [0.1, 0.15) is 24.0 Å². The zero-order chi connectivity index (χ0) is 14.5. The third-order valence-corrected chi connectivity index (χ3v) is 4.00. The van der Waals surface area contributed by atoms with Gasteiger partial charge < -0.3 is 9.67 Å². The Labute approximate surface area is 125 Å². The average molecular weight is 279 g/mol. The Balaban J connectivity index is 1.63. The Bertz CT molecular complexity index is 700. The topological polar surface area (TPSA) is 25.2 Å². The first kappa shape index (κ1) is 13.9. The molecule has 1 heterocycles. The van der Waals surface area contributed by atoms with Crippen LogP contribution in [0.25, 0.3) is 10.9 Å². The lowest BCUT2D eigenvalue weighted by molar-refractivity contribution is 0.283. The minimum atomic E-state index is 0.103. The highest BCUT2D eigenvalue weighted by Crippen LogP contribution is 2.21. The molecule has 21 heavy (non-hydrogen) atoms. The lowest BCUT2D eigenvalue weighted by Crippen LogP contribution is -1.99. The molecule has 0 aliphatic carbocycles. The number of hydrogen-bond donors (Lipinski definition) is 1. The molecule has 0 saturated heterocycles. The quantitative estimate of drug-likeness (QED) is 0.673. The van der Waals surface area contributed by atoms with Crippen LogP contribution in [-0.4, -0.2) is 9.67 Å². The summed E-state index contributed by atoms with van der Waals surface area (Å²) in [6.45, 7) is 1.11. The van der Waals surface area contributed by atoms with Crippen molar-refractivity contribution in [3.8, 4) is 0 Å². The SMILES string of the molecule is OCc1cccc2ccn(CCCCc3ccccc3)c12. The number of rotatable bonds is 6. The van der Waals surface area contributed by atoms with E-state index in [4.69, 9.17) is 0 Å². The number of para-hydroxylation sites is 1. The van der Waals surface area contributed by atoms with Crippen molar-refractivity contribution in [1.82, 2.24) is 4.57 Å². The Hall–Kier alpha value is -2.06. The number of aliphatic hydroxyl groups is 1. The Morgan fingerprint density at radius 2 is 1.71 bits per heavy atom. The maximum atomic E-state index is 9.49. The van der Waals surface area contributed by atoms with Crippen molar-refractivity contribution < 1.29 is 5.11 Å². The van der Waals surface area contributed by atoms with E-state index in [1.165, 1.54) is 22.9 Å². The van der Waals surface area contributed by atoms with Crippen LogP contribution in [0.2, 0.25) is 0 Å². The van der Waals surface area contributed by atoms with Crippen molar-refractivity contribution in [3.05, 3.63) is 71.9 Å². The highest BCUT2D eigenvalue weighted by Gasteiger charge is 2.05. The predicted octanol–water partition coefficient (Wildman–Crippen LogP) is 4.16. The maximum absolute atomic E-state index is 9.49. The van der Waals surface area contributed by atoms with Gasteiger partial charge in [-0.05, 0) is 36.3 Å². The first-order chi connectivity index (χ1) is 10.4. The summed E-state index contributed by atoms with van der Waals surface area (Å²) in [6, 6.07) is 18.9. The normalized spacial score (nSPS) is 11.1. The molecule has 0 aliphatic heterocycles. The molecule has 108 valence electrons. The lowest BCUT2D eigenvalue weighted by Gasteiger charge is -2.08. The molecule has 0 radical (unpaired) electrons. The molecule has 0 saturated carbocycles. The van der Waals surface area contributed by atoms with Crippen LogP contribution in [0.4, 0.5) is 0 Å². The maximum Gasteiger partial charge on any atom is 0.0702 e. The van der Waals surface area contributed by atoms with Gasteiger partial charge >= 0.3 is 0 Å². The van der Waals surface area contributed by atoms with E-state index in [-0.39, 0.29) is 6.61 Å². The number of nitrogens with zero attached hydrogens (tertiary/aromatic N) is 1. The van der Waals surface area contributed by atoms with Gasteiger partial charge in [0.15, 0.2) is 0 Å². The fourth-order valence-electron chi connectivity index (χ4n) is 2.91. The van der Waals surface area contributed by atoms with Crippen molar-refractivity contribution in [3.63, 3.8) is 0 Å². The molecule has 0 fully saturated rings. The summed E-state index contributed by atoms with van der Waals surface area (Å²) < 4.78 is 2.27. The summed E-state index contributed by atoms with van der Waals surface area (Å²) in [7, 11) is 0. The Morgan fingerprint density at radius 3 is 2.52 bits per heavy atom. The van der Waals surface area contributed by atoms with Crippen LogP contribution >= 0.6 is 0 Å². The molecule has 0 bridgehead atoms. The summed E-state index contributed by atoms with van der Waals surface area (Å²) in [5.74, 6) is 0. The smallest absolute Gasteiger partial charge is 0.0702 e. The van der Waals surface area contributed by atoms with Gasteiger partial charge in [0, 0.05) is 18.3 Å². The zero-order valence-corrected chi connectivity index (χ0v) is 12.2. The van der Waals surface area contributed by atoms with Crippen LogP contribution < -0.4 is 0 Å². The van der Waals surface area contributed by atoms with Gasteiger partial charge in [0.2, 0.25) is 0 Å². The van der Waals surface area contributed by atoms with Crippen molar-refractivity contribution >= 4 is 10.9 Å². The van der Waals surface area contributed by atoms with Gasteiger partial charge in [-0.25, -0.2) is 0 Å². The standard InChI is InChI=1S/C19H21NO/c21-15-18-11-6-10-17-12-14-20(19(17)18)13-5-4-9-16-7-2-1-3-8-16/h1-3,6-8,10-12,14,21H,4-5,9,13,15H2. The van der Waals surface area contributed by atoms with Crippen molar-refractivity contribution in [1.29, 1.82) is 0 Å². The van der Waals surface area contributed by atoms with Gasteiger partial charge in [0.25, 0.3) is 0 Å². The molecule has 0 unspecified atom stereocenters. The predicted molar refractivity (Wildman–Crippen MR) is 87.2 cm³/mol. The molecular weight excluding hydrogens is 258 g/mol. The van der Waals surface area contributed by atoms with Crippen molar-refractivity contribution in [2.45, 2.75) is 32.4 Å². The molecule has 0 aliphatic rings. The van der Waals surface area contributed by atoms with Gasteiger partial charge in [0.05, 0.1) is 12.1 Å². The van der Waals surface area contributed by atoms with Gasteiger partial charge in [-0.2, -0.15) is 0 Å². The second kappa shape index (κ2) is 6.59. The van der Waals surface area contributed by atoms with E-state index in [1.54, 1.807) is 0 Å². The van der Waals surface area contributed by atoms with Crippen molar-refractivity contribution in [2.24, 2.45) is 0 Å². The fraction of sp³-hybridized carbons (Fsp3) is 0.263. The Morgan fingerprint density at radius 1 is 0.857 bits per heavy atom. The van der Waals surface area contributed by atoms with Crippen LogP contribution in [0, 0.1) is 0 Å². The number of benzene rings is 2. The van der Waals surface area contributed by atoms with Gasteiger partial charge in [-0.3, -0.25) is 0 Å². The fourth-order valence-corrected chi connectivity index (χ4v) is 2.91. The molecule has 2 aromatic carbocycles. The molecule has 1 aromatic heterocycles. The zero-order valence-electron chi connectivity index (χ0n) is 12.2. The number of fused-ring (bicyclic) bond motifs is 1. The summed E-state index contributed by atoms with van der Waals surface area (Å²) in [6.07, 6.45) is 5.60. The third-order valence-electron chi connectivity index (χ3n) is 4.00. The number of aliphatic hydroxyl groups excluding tert-OH is 1. The molecule has 3 rings (SSSR count). The molecule has 0 amide bonds. The van der Waals surface area contributed by atoms with Gasteiger partial charge in [0.1, 0.15) is 0 Å². The number of aryl methyl sites for hydroxylation is 2. The monoisotopic (exact) mass is 279 g/mol. The third kappa shape index (κ3) is 3.17. The van der Waals surface area contributed by atoms with Crippen LogP contribution in [0.3, 0.4) is 0 Å². The van der Waals surface area contributed by atoms with E-state index < -0.39 is 0 Å². The van der Waals surface area contributed by atoms with Crippen molar-refractivity contribution in [2.75, 3.05) is 0 Å². The first-order valence-corrected chi connectivity index (χ1v) is 7.60. The van der Waals surface area contributed by atoms with E-state index in [0.717, 1.165) is 24.9 Å². The summed E-state index contributed by atoms with van der Waals surface area (Å²) >= 11 is 0. The van der Waals surface area contributed by atoms with E-state index in [0.29, 0.717) is 0 Å². The molecule has 1 N–H and O–H groups in total. The van der Waals surface area contributed by atoms with E-state index in [2.05, 4.69) is 53.2 Å².